The molecule has 1 aromatic carbocycles. The Hall–Kier alpha value is -1.33. The van der Waals surface area contributed by atoms with E-state index in [1.165, 1.54) is 22.8 Å². The van der Waals surface area contributed by atoms with Crippen LogP contribution in [0.15, 0.2) is 18.2 Å². The molecule has 0 radical (unpaired) electrons. The molecule has 0 N–H and O–H groups in total. The lowest BCUT2D eigenvalue weighted by atomic mass is 10.1. The molecule has 1 aliphatic heterocycles. The largest absolute Gasteiger partial charge is 0.368 e. The van der Waals surface area contributed by atoms with Crippen LogP contribution in [0.2, 0.25) is 5.02 Å². The summed E-state index contributed by atoms with van der Waals surface area (Å²) in [5, 5.41) is 1.83. The van der Waals surface area contributed by atoms with Gasteiger partial charge in [-0.2, -0.15) is 4.37 Å². The van der Waals surface area contributed by atoms with Crippen LogP contribution in [0.5, 0.6) is 0 Å². The number of benzene rings is 1. The molecule has 2 heterocycles. The minimum atomic E-state index is 0.799. The molecule has 0 spiro atoms. The molecule has 0 aliphatic carbocycles. The average molecular weight is 309 g/mol. The van der Waals surface area contributed by atoms with Gasteiger partial charge in [0.25, 0.3) is 0 Å². The minimum absolute atomic E-state index is 0.799. The first-order valence-electron chi connectivity index (χ1n) is 6.70. The van der Waals surface area contributed by atoms with Crippen LogP contribution >= 0.6 is 23.1 Å². The number of hydrogen-bond donors (Lipinski definition) is 0. The van der Waals surface area contributed by atoms with Crippen molar-refractivity contribution in [1.29, 1.82) is 0 Å². The van der Waals surface area contributed by atoms with Crippen LogP contribution in [-0.2, 0) is 0 Å². The normalized spacial score (nSPS) is 15.8. The first-order chi connectivity index (χ1) is 9.63. The molecular formula is C14H17ClN4S. The van der Waals surface area contributed by atoms with Crippen molar-refractivity contribution in [3.05, 3.63) is 34.6 Å². The molecule has 0 bridgehead atoms. The summed E-state index contributed by atoms with van der Waals surface area (Å²) in [6, 6.07) is 6.08. The number of rotatable bonds is 2. The first kappa shape index (κ1) is 13.6. The third kappa shape index (κ3) is 2.74. The molecule has 0 atom stereocenters. The van der Waals surface area contributed by atoms with Gasteiger partial charge < -0.3 is 9.80 Å². The van der Waals surface area contributed by atoms with Gasteiger partial charge in [-0.1, -0.05) is 17.7 Å². The van der Waals surface area contributed by atoms with E-state index in [2.05, 4.69) is 38.2 Å². The summed E-state index contributed by atoms with van der Waals surface area (Å²) in [5.41, 5.74) is 2.51. The minimum Gasteiger partial charge on any atom is -0.368 e. The van der Waals surface area contributed by atoms with Gasteiger partial charge >= 0.3 is 0 Å². The highest BCUT2D eigenvalue weighted by Gasteiger charge is 2.20. The smallest absolute Gasteiger partial charge is 0.205 e. The van der Waals surface area contributed by atoms with Gasteiger partial charge in [0.15, 0.2) is 0 Å². The lowest BCUT2D eigenvalue weighted by molar-refractivity contribution is 0.650. The second kappa shape index (κ2) is 5.58. The number of hydrogen-bond acceptors (Lipinski definition) is 5. The molecule has 20 heavy (non-hydrogen) atoms. The molecule has 106 valence electrons. The molecular weight excluding hydrogens is 292 g/mol. The van der Waals surface area contributed by atoms with E-state index in [0.717, 1.165) is 42.2 Å². The van der Waals surface area contributed by atoms with Crippen molar-refractivity contribution >= 4 is 34.0 Å². The molecule has 1 aromatic heterocycles. The number of anilines is 2. The van der Waals surface area contributed by atoms with Crippen molar-refractivity contribution < 1.29 is 0 Å². The van der Waals surface area contributed by atoms with Crippen LogP contribution in [0.1, 0.15) is 11.4 Å². The van der Waals surface area contributed by atoms with E-state index in [9.17, 15) is 0 Å². The highest BCUT2D eigenvalue weighted by atomic mass is 35.5. The zero-order chi connectivity index (χ0) is 14.1. The third-order valence-corrected chi connectivity index (χ3v) is 4.68. The zero-order valence-corrected chi connectivity index (χ0v) is 13.2. The van der Waals surface area contributed by atoms with Crippen LogP contribution in [0.3, 0.4) is 0 Å². The van der Waals surface area contributed by atoms with Gasteiger partial charge in [0.2, 0.25) is 5.13 Å². The predicted molar refractivity (Wildman–Crippen MR) is 85.3 cm³/mol. The van der Waals surface area contributed by atoms with E-state index in [0.29, 0.717) is 0 Å². The van der Waals surface area contributed by atoms with E-state index < -0.39 is 0 Å². The molecule has 0 unspecified atom stereocenters. The Bertz CT molecular complexity index is 605. The van der Waals surface area contributed by atoms with Crippen molar-refractivity contribution in [2.75, 3.05) is 36.0 Å². The van der Waals surface area contributed by atoms with Crippen LogP contribution in [-0.4, -0.2) is 35.5 Å². The molecule has 1 aliphatic rings. The summed E-state index contributed by atoms with van der Waals surface area (Å²) < 4.78 is 4.25. The van der Waals surface area contributed by atoms with E-state index in [4.69, 9.17) is 11.6 Å². The Balaban J connectivity index is 1.70. The first-order valence-corrected chi connectivity index (χ1v) is 7.85. The molecule has 6 heteroatoms. The van der Waals surface area contributed by atoms with Crippen molar-refractivity contribution in [3.63, 3.8) is 0 Å². The fourth-order valence-electron chi connectivity index (χ4n) is 2.48. The fourth-order valence-corrected chi connectivity index (χ4v) is 3.37. The van der Waals surface area contributed by atoms with Crippen molar-refractivity contribution in [2.45, 2.75) is 13.8 Å². The molecule has 4 nitrogen and oxygen atoms in total. The number of aryl methyl sites for hydroxylation is 2. The van der Waals surface area contributed by atoms with Gasteiger partial charge in [0.1, 0.15) is 5.82 Å². The SMILES string of the molecule is Cc1nsc(N2CCN(c3cc(Cl)ccc3C)CC2)n1. The van der Waals surface area contributed by atoms with Crippen molar-refractivity contribution in [3.8, 4) is 0 Å². The Morgan fingerprint density at radius 1 is 1.10 bits per heavy atom. The van der Waals surface area contributed by atoms with Gasteiger partial charge in [-0.3, -0.25) is 0 Å². The summed E-state index contributed by atoms with van der Waals surface area (Å²) in [5.74, 6) is 0.859. The topological polar surface area (TPSA) is 32.3 Å². The number of nitrogens with zero attached hydrogens (tertiary/aromatic N) is 4. The van der Waals surface area contributed by atoms with E-state index >= 15 is 0 Å². The summed E-state index contributed by atoms with van der Waals surface area (Å²) in [7, 11) is 0. The summed E-state index contributed by atoms with van der Waals surface area (Å²) in [4.78, 5) is 9.16. The van der Waals surface area contributed by atoms with E-state index in [-0.39, 0.29) is 0 Å². The van der Waals surface area contributed by atoms with Gasteiger partial charge in [-0.05, 0) is 31.5 Å². The molecule has 1 fully saturated rings. The maximum atomic E-state index is 6.11. The third-order valence-electron chi connectivity index (χ3n) is 3.58. The van der Waals surface area contributed by atoms with Crippen LogP contribution in [0, 0.1) is 13.8 Å². The number of piperazine rings is 1. The highest BCUT2D eigenvalue weighted by molar-refractivity contribution is 7.09. The van der Waals surface area contributed by atoms with Gasteiger partial charge in [-0.25, -0.2) is 4.98 Å². The lowest BCUT2D eigenvalue weighted by Gasteiger charge is -2.36. The Kier molecular flexibility index (Phi) is 3.81. The summed E-state index contributed by atoms with van der Waals surface area (Å²) >= 11 is 7.59. The maximum absolute atomic E-state index is 6.11. The molecule has 3 rings (SSSR count). The molecule has 1 saturated heterocycles. The molecule has 2 aromatic rings. The van der Waals surface area contributed by atoms with E-state index in [1.807, 2.05) is 13.0 Å². The van der Waals surface area contributed by atoms with Crippen LogP contribution < -0.4 is 9.80 Å². The van der Waals surface area contributed by atoms with Crippen LogP contribution in [0.25, 0.3) is 0 Å². The molecule has 0 amide bonds. The van der Waals surface area contributed by atoms with Gasteiger partial charge in [0, 0.05) is 48.4 Å². The monoisotopic (exact) mass is 308 g/mol. The second-order valence-electron chi connectivity index (χ2n) is 5.03. The number of aromatic nitrogens is 2. The number of halogens is 1. The van der Waals surface area contributed by atoms with Crippen molar-refractivity contribution in [2.24, 2.45) is 0 Å². The quantitative estimate of drug-likeness (QED) is 0.853. The highest BCUT2D eigenvalue weighted by Crippen LogP contribution is 2.26. The van der Waals surface area contributed by atoms with Crippen molar-refractivity contribution in [1.82, 2.24) is 9.36 Å². The van der Waals surface area contributed by atoms with E-state index in [1.54, 1.807) is 0 Å². The Labute approximate surface area is 128 Å². The second-order valence-corrected chi connectivity index (χ2v) is 6.20. The Morgan fingerprint density at radius 3 is 2.45 bits per heavy atom. The van der Waals surface area contributed by atoms with Gasteiger partial charge in [-0.15, -0.1) is 0 Å². The molecule has 0 saturated carbocycles. The van der Waals surface area contributed by atoms with Crippen LogP contribution in [0.4, 0.5) is 10.8 Å². The summed E-state index contributed by atoms with van der Waals surface area (Å²) in [6.07, 6.45) is 0. The fraction of sp³-hybridized carbons (Fsp3) is 0.429. The Morgan fingerprint density at radius 2 is 1.80 bits per heavy atom. The average Bonchev–Trinajstić information content (AvgIpc) is 2.88. The zero-order valence-electron chi connectivity index (χ0n) is 11.6. The van der Waals surface area contributed by atoms with Gasteiger partial charge in [0.05, 0.1) is 0 Å². The standard InChI is InChI=1S/C14H17ClN4S/c1-10-3-4-12(15)9-13(10)18-5-7-19(8-6-18)14-16-11(2)17-20-14/h3-4,9H,5-8H2,1-2H3. The summed E-state index contributed by atoms with van der Waals surface area (Å²) in [6.45, 7) is 7.98. The maximum Gasteiger partial charge on any atom is 0.205 e. The predicted octanol–water partition coefficient (Wildman–Crippen LogP) is 3.13. The lowest BCUT2D eigenvalue weighted by Crippen LogP contribution is -2.46.